The smallest absolute Gasteiger partial charge is 0.258 e. The van der Waals surface area contributed by atoms with Gasteiger partial charge in [-0.2, -0.15) is 0 Å². The molecule has 0 bridgehead atoms. The average molecular weight is 265 g/mol. The first-order valence-electron chi connectivity index (χ1n) is 6.44. The minimum atomic E-state index is -0.319. The quantitative estimate of drug-likeness (QED) is 0.867. The van der Waals surface area contributed by atoms with Gasteiger partial charge in [0.2, 0.25) is 0 Å². The number of amides is 1. The highest BCUT2D eigenvalue weighted by Gasteiger charge is 2.19. The van der Waals surface area contributed by atoms with Crippen LogP contribution < -0.4 is 10.1 Å². The summed E-state index contributed by atoms with van der Waals surface area (Å²) >= 11 is 0. The third-order valence-electron chi connectivity index (χ3n) is 3.26. The van der Waals surface area contributed by atoms with E-state index in [2.05, 4.69) is 5.32 Å². The molecule has 19 heavy (non-hydrogen) atoms. The van der Waals surface area contributed by atoms with Crippen molar-refractivity contribution in [1.29, 1.82) is 0 Å². The maximum absolute atomic E-state index is 12.1. The van der Waals surface area contributed by atoms with Gasteiger partial charge in [-0.3, -0.25) is 4.79 Å². The van der Waals surface area contributed by atoms with Crippen molar-refractivity contribution in [1.82, 2.24) is 5.32 Å². The predicted octanol–water partition coefficient (Wildman–Crippen LogP) is 1.56. The second-order valence-electron chi connectivity index (χ2n) is 4.65. The largest absolute Gasteiger partial charge is 0.507 e. The highest BCUT2D eigenvalue weighted by atomic mass is 16.5. The molecule has 2 rings (SSSR count). The third-order valence-corrected chi connectivity index (χ3v) is 3.26. The number of phenolic OH excluding ortho intramolecular Hbond substituents is 1. The molecule has 1 aromatic carbocycles. The first kappa shape index (κ1) is 13.7. The number of aromatic hydroxyl groups is 1. The van der Waals surface area contributed by atoms with E-state index in [1.807, 2.05) is 0 Å². The van der Waals surface area contributed by atoms with Crippen LogP contribution in [0.15, 0.2) is 18.2 Å². The number of ether oxygens (including phenoxy) is 2. The lowest BCUT2D eigenvalue weighted by atomic mass is 10.0. The van der Waals surface area contributed by atoms with E-state index in [0.717, 1.165) is 19.4 Å². The van der Waals surface area contributed by atoms with Gasteiger partial charge in [-0.25, -0.2) is 0 Å². The van der Waals surface area contributed by atoms with E-state index >= 15 is 0 Å². The van der Waals surface area contributed by atoms with E-state index in [9.17, 15) is 9.90 Å². The van der Waals surface area contributed by atoms with Crippen molar-refractivity contribution in [2.75, 3.05) is 26.9 Å². The molecule has 1 aliphatic rings. The van der Waals surface area contributed by atoms with E-state index in [-0.39, 0.29) is 17.2 Å². The maximum Gasteiger partial charge on any atom is 0.258 e. The molecule has 0 spiro atoms. The summed E-state index contributed by atoms with van der Waals surface area (Å²) < 4.78 is 10.5. The number of benzene rings is 1. The van der Waals surface area contributed by atoms with E-state index < -0.39 is 0 Å². The summed E-state index contributed by atoms with van der Waals surface area (Å²) in [6.45, 7) is 2.03. The summed E-state index contributed by atoms with van der Waals surface area (Å²) in [5, 5.41) is 12.6. The van der Waals surface area contributed by atoms with Crippen LogP contribution in [0.3, 0.4) is 0 Å². The predicted molar refractivity (Wildman–Crippen MR) is 70.5 cm³/mol. The number of hydrogen-bond donors (Lipinski definition) is 2. The number of methoxy groups -OCH3 is 1. The summed E-state index contributed by atoms with van der Waals surface area (Å²) in [7, 11) is 1.47. The summed E-state index contributed by atoms with van der Waals surface area (Å²) in [4.78, 5) is 12.1. The van der Waals surface area contributed by atoms with Crippen LogP contribution in [0.1, 0.15) is 23.2 Å². The van der Waals surface area contributed by atoms with E-state index in [1.165, 1.54) is 13.2 Å². The second kappa shape index (κ2) is 6.43. The Hall–Kier alpha value is -1.75. The molecule has 2 N–H and O–H groups in total. The van der Waals surface area contributed by atoms with Crippen molar-refractivity contribution in [3.8, 4) is 11.5 Å². The highest BCUT2D eigenvalue weighted by molar-refractivity contribution is 5.99. The Morgan fingerprint density at radius 1 is 1.58 bits per heavy atom. The van der Waals surface area contributed by atoms with Crippen LogP contribution in [0, 0.1) is 5.92 Å². The fourth-order valence-electron chi connectivity index (χ4n) is 2.21. The first-order valence-corrected chi connectivity index (χ1v) is 6.44. The lowest BCUT2D eigenvalue weighted by Crippen LogP contribution is -2.33. The van der Waals surface area contributed by atoms with Crippen molar-refractivity contribution >= 4 is 5.91 Å². The van der Waals surface area contributed by atoms with Gasteiger partial charge >= 0.3 is 0 Å². The molecule has 0 saturated carbocycles. The molecule has 1 atom stereocenters. The van der Waals surface area contributed by atoms with Gasteiger partial charge in [-0.1, -0.05) is 6.07 Å². The van der Waals surface area contributed by atoms with Gasteiger partial charge in [0.05, 0.1) is 13.7 Å². The summed E-state index contributed by atoms with van der Waals surface area (Å²) in [6, 6.07) is 4.76. The topological polar surface area (TPSA) is 67.8 Å². The van der Waals surface area contributed by atoms with Crippen molar-refractivity contribution in [2.24, 2.45) is 5.92 Å². The number of phenols is 1. The van der Waals surface area contributed by atoms with Crippen molar-refractivity contribution in [3.63, 3.8) is 0 Å². The molecule has 5 heteroatoms. The molecule has 1 fully saturated rings. The Balaban J connectivity index is 1.99. The van der Waals surface area contributed by atoms with Gasteiger partial charge in [0, 0.05) is 13.2 Å². The molecule has 0 aromatic heterocycles. The molecule has 104 valence electrons. The van der Waals surface area contributed by atoms with Crippen LogP contribution in [0.25, 0.3) is 0 Å². The normalized spacial score (nSPS) is 18.9. The van der Waals surface area contributed by atoms with E-state index in [4.69, 9.17) is 9.47 Å². The Bertz CT molecular complexity index is 441. The van der Waals surface area contributed by atoms with Gasteiger partial charge in [-0.15, -0.1) is 0 Å². The standard InChI is InChI=1S/C14H19NO4/c1-18-12-6-2-5-11(16)13(12)14(17)15-8-10-4-3-7-19-9-10/h2,5-6,10,16H,3-4,7-9H2,1H3,(H,15,17)/t10-/m0/s1. The lowest BCUT2D eigenvalue weighted by molar-refractivity contribution is 0.0536. The first-order chi connectivity index (χ1) is 9.22. The van der Waals surface area contributed by atoms with Crippen molar-refractivity contribution < 1.29 is 19.4 Å². The number of nitrogens with one attached hydrogen (secondary N) is 1. The van der Waals surface area contributed by atoms with Crippen molar-refractivity contribution in [2.45, 2.75) is 12.8 Å². The van der Waals surface area contributed by atoms with E-state index in [0.29, 0.717) is 24.8 Å². The Kier molecular flexibility index (Phi) is 4.63. The summed E-state index contributed by atoms with van der Waals surface area (Å²) in [5.41, 5.74) is 0.182. The molecular formula is C14H19NO4. The van der Waals surface area contributed by atoms with Gasteiger partial charge in [0.1, 0.15) is 17.1 Å². The molecule has 1 amide bonds. The van der Waals surface area contributed by atoms with Gasteiger partial charge in [0.25, 0.3) is 5.91 Å². The third kappa shape index (κ3) is 3.38. The zero-order valence-electron chi connectivity index (χ0n) is 11.0. The van der Waals surface area contributed by atoms with Gasteiger partial charge in [-0.05, 0) is 30.9 Å². The zero-order valence-corrected chi connectivity index (χ0v) is 11.0. The minimum Gasteiger partial charge on any atom is -0.507 e. The zero-order chi connectivity index (χ0) is 13.7. The Morgan fingerprint density at radius 2 is 2.42 bits per heavy atom. The van der Waals surface area contributed by atoms with E-state index in [1.54, 1.807) is 12.1 Å². The highest BCUT2D eigenvalue weighted by Crippen LogP contribution is 2.27. The molecular weight excluding hydrogens is 246 g/mol. The SMILES string of the molecule is COc1cccc(O)c1C(=O)NC[C@@H]1CCCOC1. The maximum atomic E-state index is 12.1. The molecule has 0 radical (unpaired) electrons. The molecule has 0 aliphatic carbocycles. The van der Waals surface area contributed by atoms with Crippen LogP contribution >= 0.6 is 0 Å². The van der Waals surface area contributed by atoms with Crippen molar-refractivity contribution in [3.05, 3.63) is 23.8 Å². The molecule has 1 saturated heterocycles. The number of hydrogen-bond acceptors (Lipinski definition) is 4. The minimum absolute atomic E-state index is 0.0725. The molecule has 0 unspecified atom stereocenters. The second-order valence-corrected chi connectivity index (χ2v) is 4.65. The number of rotatable bonds is 4. The molecule has 1 heterocycles. The van der Waals surface area contributed by atoms with Gasteiger partial charge in [0.15, 0.2) is 0 Å². The van der Waals surface area contributed by atoms with Crippen LogP contribution in [-0.4, -0.2) is 37.9 Å². The lowest BCUT2D eigenvalue weighted by Gasteiger charge is -2.22. The average Bonchev–Trinajstić information content (AvgIpc) is 2.45. The molecule has 5 nitrogen and oxygen atoms in total. The van der Waals surface area contributed by atoms with Crippen LogP contribution in [0.5, 0.6) is 11.5 Å². The fourth-order valence-corrected chi connectivity index (χ4v) is 2.21. The fraction of sp³-hybridized carbons (Fsp3) is 0.500. The molecule has 1 aromatic rings. The molecule has 1 aliphatic heterocycles. The van der Waals surface area contributed by atoms with Crippen LogP contribution in [0.4, 0.5) is 0 Å². The Morgan fingerprint density at radius 3 is 3.11 bits per heavy atom. The van der Waals surface area contributed by atoms with Gasteiger partial charge < -0.3 is 19.9 Å². The number of carbonyl (C=O) groups excluding carboxylic acids is 1. The summed E-state index contributed by atoms with van der Waals surface area (Å²) in [6.07, 6.45) is 2.08. The Labute approximate surface area is 112 Å². The van der Waals surface area contributed by atoms with Crippen LogP contribution in [-0.2, 0) is 4.74 Å². The monoisotopic (exact) mass is 265 g/mol. The van der Waals surface area contributed by atoms with Crippen LogP contribution in [0.2, 0.25) is 0 Å². The summed E-state index contributed by atoms with van der Waals surface area (Å²) in [5.74, 6) is 0.323. The number of carbonyl (C=O) groups is 1.